The highest BCUT2D eigenvalue weighted by molar-refractivity contribution is 6.13. The maximum atomic E-state index is 12.9. The third kappa shape index (κ3) is 3.33. The fraction of sp³-hybridized carbons (Fsp3) is 0.316. The van der Waals surface area contributed by atoms with E-state index in [1.165, 1.54) is 0 Å². The largest absolute Gasteiger partial charge is 0.491 e. The van der Waals surface area contributed by atoms with Gasteiger partial charge in [-0.05, 0) is 38.5 Å². The first-order valence-corrected chi connectivity index (χ1v) is 8.35. The predicted octanol–water partition coefficient (Wildman–Crippen LogP) is 3.63. The first-order chi connectivity index (χ1) is 12.0. The molecule has 0 bridgehead atoms. The van der Waals surface area contributed by atoms with Crippen LogP contribution in [-0.2, 0) is 7.05 Å². The van der Waals surface area contributed by atoms with Gasteiger partial charge in [0.2, 0.25) is 0 Å². The molecule has 2 aromatic heterocycles. The summed E-state index contributed by atoms with van der Waals surface area (Å²) in [7, 11) is 1.83. The molecule has 130 valence electrons. The van der Waals surface area contributed by atoms with Crippen molar-refractivity contribution in [2.45, 2.75) is 27.2 Å². The highest BCUT2D eigenvalue weighted by atomic mass is 16.5. The van der Waals surface area contributed by atoms with Crippen molar-refractivity contribution in [3.8, 4) is 5.75 Å². The lowest BCUT2D eigenvalue weighted by Gasteiger charge is -2.12. The number of carbonyl (C=O) groups excluding carboxylic acids is 1. The minimum atomic E-state index is -0.195. The Bertz CT molecular complexity index is 931. The maximum absolute atomic E-state index is 12.9. The topological polar surface area (TPSA) is 69.0 Å². The molecule has 1 amide bonds. The highest BCUT2D eigenvalue weighted by Gasteiger charge is 2.18. The first kappa shape index (κ1) is 17.0. The number of pyridine rings is 1. The van der Waals surface area contributed by atoms with Gasteiger partial charge in [0.05, 0.1) is 28.9 Å². The third-order valence-corrected chi connectivity index (χ3v) is 3.94. The number of hydrogen-bond acceptors (Lipinski definition) is 4. The number of benzene rings is 1. The van der Waals surface area contributed by atoms with Gasteiger partial charge in [-0.1, -0.05) is 19.1 Å². The zero-order valence-electron chi connectivity index (χ0n) is 15.0. The van der Waals surface area contributed by atoms with Crippen molar-refractivity contribution in [1.82, 2.24) is 14.8 Å². The molecule has 25 heavy (non-hydrogen) atoms. The second-order valence-corrected chi connectivity index (χ2v) is 6.02. The molecule has 0 radical (unpaired) electrons. The van der Waals surface area contributed by atoms with Crippen molar-refractivity contribution >= 4 is 22.6 Å². The van der Waals surface area contributed by atoms with Crippen LogP contribution in [0, 0.1) is 13.8 Å². The third-order valence-electron chi connectivity index (χ3n) is 3.94. The van der Waals surface area contributed by atoms with Gasteiger partial charge in [-0.25, -0.2) is 4.98 Å². The number of amides is 1. The van der Waals surface area contributed by atoms with E-state index in [9.17, 15) is 4.79 Å². The van der Waals surface area contributed by atoms with Crippen LogP contribution in [0.5, 0.6) is 5.75 Å². The Morgan fingerprint density at radius 1 is 1.28 bits per heavy atom. The average Bonchev–Trinajstić information content (AvgIpc) is 2.87. The van der Waals surface area contributed by atoms with Crippen LogP contribution in [0.4, 0.5) is 5.69 Å². The van der Waals surface area contributed by atoms with Crippen molar-refractivity contribution < 1.29 is 9.53 Å². The number of carbonyl (C=O) groups is 1. The SMILES string of the molecule is CCCOc1ccccc1NC(=O)c1cc(C)nc2c1c(C)nn2C. The van der Waals surface area contributed by atoms with Crippen LogP contribution in [0.15, 0.2) is 30.3 Å². The fourth-order valence-corrected chi connectivity index (χ4v) is 2.85. The number of anilines is 1. The standard InChI is InChI=1S/C19H22N4O2/c1-5-10-25-16-9-7-6-8-15(16)21-19(24)14-11-12(2)20-18-17(14)13(3)22-23(18)4/h6-9,11H,5,10H2,1-4H3,(H,21,24). The molecule has 2 heterocycles. The maximum Gasteiger partial charge on any atom is 0.256 e. The van der Waals surface area contributed by atoms with E-state index in [0.29, 0.717) is 29.3 Å². The van der Waals surface area contributed by atoms with Gasteiger partial charge >= 0.3 is 0 Å². The molecular formula is C19H22N4O2. The molecule has 6 nitrogen and oxygen atoms in total. The van der Waals surface area contributed by atoms with Crippen LogP contribution >= 0.6 is 0 Å². The van der Waals surface area contributed by atoms with Gasteiger partial charge in [-0.15, -0.1) is 0 Å². The Morgan fingerprint density at radius 2 is 2.04 bits per heavy atom. The van der Waals surface area contributed by atoms with Crippen LogP contribution < -0.4 is 10.1 Å². The monoisotopic (exact) mass is 338 g/mol. The molecule has 0 aliphatic rings. The summed E-state index contributed by atoms with van der Waals surface area (Å²) in [5.74, 6) is 0.474. The predicted molar refractivity (Wildman–Crippen MR) is 98.2 cm³/mol. The van der Waals surface area contributed by atoms with Gasteiger partial charge in [-0.2, -0.15) is 5.10 Å². The lowest BCUT2D eigenvalue weighted by atomic mass is 10.1. The van der Waals surface area contributed by atoms with Crippen molar-refractivity contribution in [2.75, 3.05) is 11.9 Å². The molecule has 3 rings (SSSR count). The number of hydrogen-bond donors (Lipinski definition) is 1. The number of fused-ring (bicyclic) bond motifs is 1. The Labute approximate surface area is 146 Å². The van der Waals surface area contributed by atoms with E-state index in [-0.39, 0.29) is 5.91 Å². The van der Waals surface area contributed by atoms with E-state index < -0.39 is 0 Å². The summed E-state index contributed by atoms with van der Waals surface area (Å²) < 4.78 is 7.42. The molecule has 3 aromatic rings. The highest BCUT2D eigenvalue weighted by Crippen LogP contribution is 2.27. The molecule has 0 unspecified atom stereocenters. The number of nitrogens with one attached hydrogen (secondary N) is 1. The zero-order valence-corrected chi connectivity index (χ0v) is 15.0. The van der Waals surface area contributed by atoms with Crippen molar-refractivity contribution in [2.24, 2.45) is 7.05 Å². The second kappa shape index (κ2) is 6.93. The Balaban J connectivity index is 1.99. The van der Waals surface area contributed by atoms with Crippen molar-refractivity contribution in [3.63, 3.8) is 0 Å². The van der Waals surface area contributed by atoms with Crippen LogP contribution in [0.3, 0.4) is 0 Å². The summed E-state index contributed by atoms with van der Waals surface area (Å²) in [6.45, 7) is 6.40. The number of aromatic nitrogens is 3. The minimum absolute atomic E-state index is 0.195. The van der Waals surface area contributed by atoms with E-state index in [4.69, 9.17) is 4.74 Å². The molecule has 0 atom stereocenters. The van der Waals surface area contributed by atoms with Gasteiger partial charge in [0.1, 0.15) is 5.75 Å². The molecule has 0 spiro atoms. The molecular weight excluding hydrogens is 316 g/mol. The number of aryl methyl sites for hydroxylation is 3. The molecule has 0 aliphatic heterocycles. The van der Waals surface area contributed by atoms with E-state index in [1.807, 2.05) is 52.1 Å². The van der Waals surface area contributed by atoms with E-state index in [0.717, 1.165) is 23.2 Å². The Hall–Kier alpha value is -2.89. The summed E-state index contributed by atoms with van der Waals surface area (Å²) in [5.41, 5.74) is 3.49. The summed E-state index contributed by atoms with van der Waals surface area (Å²) in [6, 6.07) is 9.25. The van der Waals surface area contributed by atoms with Crippen LogP contribution in [0.1, 0.15) is 35.1 Å². The second-order valence-electron chi connectivity index (χ2n) is 6.02. The summed E-state index contributed by atoms with van der Waals surface area (Å²) >= 11 is 0. The summed E-state index contributed by atoms with van der Waals surface area (Å²) in [4.78, 5) is 17.4. The number of ether oxygens (including phenoxy) is 1. The molecule has 0 fully saturated rings. The van der Waals surface area contributed by atoms with Gasteiger partial charge in [0, 0.05) is 12.7 Å². The number of para-hydroxylation sites is 2. The van der Waals surface area contributed by atoms with Crippen LogP contribution in [-0.4, -0.2) is 27.3 Å². The quantitative estimate of drug-likeness (QED) is 0.771. The van der Waals surface area contributed by atoms with Gasteiger partial charge in [0.15, 0.2) is 5.65 Å². The van der Waals surface area contributed by atoms with Gasteiger partial charge in [-0.3, -0.25) is 9.48 Å². The molecule has 6 heteroatoms. The minimum Gasteiger partial charge on any atom is -0.491 e. The molecule has 0 aliphatic carbocycles. The van der Waals surface area contributed by atoms with Gasteiger partial charge in [0.25, 0.3) is 5.91 Å². The normalized spacial score (nSPS) is 10.9. The fourth-order valence-electron chi connectivity index (χ4n) is 2.85. The van der Waals surface area contributed by atoms with Crippen molar-refractivity contribution in [1.29, 1.82) is 0 Å². The first-order valence-electron chi connectivity index (χ1n) is 8.35. The number of rotatable bonds is 5. The van der Waals surface area contributed by atoms with Crippen molar-refractivity contribution in [3.05, 3.63) is 47.3 Å². The summed E-state index contributed by atoms with van der Waals surface area (Å²) in [6.07, 6.45) is 0.904. The Morgan fingerprint density at radius 3 is 2.80 bits per heavy atom. The average molecular weight is 338 g/mol. The summed E-state index contributed by atoms with van der Waals surface area (Å²) in [5, 5.41) is 8.13. The lowest BCUT2D eigenvalue weighted by Crippen LogP contribution is -2.14. The van der Waals surface area contributed by atoms with E-state index >= 15 is 0 Å². The zero-order chi connectivity index (χ0) is 18.0. The molecule has 0 saturated carbocycles. The molecule has 1 N–H and O–H groups in total. The van der Waals surface area contributed by atoms with Gasteiger partial charge < -0.3 is 10.1 Å². The Kier molecular flexibility index (Phi) is 4.70. The smallest absolute Gasteiger partial charge is 0.256 e. The van der Waals surface area contributed by atoms with Crippen LogP contribution in [0.2, 0.25) is 0 Å². The molecule has 1 aromatic carbocycles. The molecule has 0 saturated heterocycles. The lowest BCUT2D eigenvalue weighted by molar-refractivity contribution is 0.102. The van der Waals surface area contributed by atoms with Crippen LogP contribution in [0.25, 0.3) is 11.0 Å². The van der Waals surface area contributed by atoms with E-state index in [2.05, 4.69) is 15.4 Å². The van der Waals surface area contributed by atoms with E-state index in [1.54, 1.807) is 10.7 Å². The number of nitrogens with zero attached hydrogens (tertiary/aromatic N) is 3.